The number of hydrogen-bond donors (Lipinski definition) is 4. The van der Waals surface area contributed by atoms with E-state index < -0.39 is 11.7 Å². The molecule has 0 aliphatic heterocycles. The number of anilines is 1. The van der Waals surface area contributed by atoms with Gasteiger partial charge in [-0.3, -0.25) is 4.99 Å². The summed E-state index contributed by atoms with van der Waals surface area (Å²) < 4.78 is 6.37. The van der Waals surface area contributed by atoms with Gasteiger partial charge < -0.3 is 26.0 Å². The fourth-order valence-corrected chi connectivity index (χ4v) is 3.21. The van der Waals surface area contributed by atoms with Crippen LogP contribution >= 0.6 is 35.3 Å². The molecule has 0 radical (unpaired) electrons. The third-order valence-electron chi connectivity index (χ3n) is 3.53. The third-order valence-corrected chi connectivity index (χ3v) is 4.52. The fraction of sp³-hybridized carbons (Fsp3) is 0.526. The van der Waals surface area contributed by atoms with Gasteiger partial charge in [-0.1, -0.05) is 23.5 Å². The first kappa shape index (κ1) is 25.2. The smallest absolute Gasteiger partial charge is 0.407 e. The van der Waals surface area contributed by atoms with Crippen LogP contribution in [0.1, 0.15) is 27.2 Å². The minimum atomic E-state index is -0.478. The summed E-state index contributed by atoms with van der Waals surface area (Å²) in [5.41, 5.74) is 0.536. The monoisotopic (exact) mass is 534 g/mol. The Bertz CT molecular complexity index is 757. The number of aliphatic imine (C=N–C) groups is 1. The summed E-state index contributed by atoms with van der Waals surface area (Å²) >= 11 is 1.65. The molecule has 0 spiro atoms. The zero-order valence-electron chi connectivity index (χ0n) is 17.4. The molecular weight excluding hydrogens is 503 g/mol. The largest absolute Gasteiger partial charge is 0.444 e. The Morgan fingerprint density at radius 2 is 1.79 bits per heavy atom. The zero-order chi connectivity index (χ0) is 20.4. The van der Waals surface area contributed by atoms with Gasteiger partial charge in [0.05, 0.1) is 10.2 Å². The summed E-state index contributed by atoms with van der Waals surface area (Å²) in [4.78, 5) is 20.3. The van der Waals surface area contributed by atoms with Gasteiger partial charge >= 0.3 is 6.09 Å². The number of hydrogen-bond acceptors (Lipinski definition) is 6. The molecule has 2 aromatic rings. The van der Waals surface area contributed by atoms with Gasteiger partial charge in [-0.2, -0.15) is 0 Å². The molecule has 1 amide bonds. The summed E-state index contributed by atoms with van der Waals surface area (Å²) in [5, 5.41) is 13.4. The van der Waals surface area contributed by atoms with E-state index in [9.17, 15) is 4.79 Å². The maximum absolute atomic E-state index is 11.6. The first-order chi connectivity index (χ1) is 13.4. The molecule has 162 valence electrons. The highest BCUT2D eigenvalue weighted by Crippen LogP contribution is 2.24. The summed E-state index contributed by atoms with van der Waals surface area (Å²) in [6.45, 7) is 8.21. The van der Waals surface area contributed by atoms with Crippen molar-refractivity contribution in [2.24, 2.45) is 4.99 Å². The number of carbonyl (C=O) groups excluding carboxylic acids is 1. The van der Waals surface area contributed by atoms with Crippen molar-refractivity contribution in [2.45, 2.75) is 32.8 Å². The molecule has 0 fully saturated rings. The lowest BCUT2D eigenvalue weighted by atomic mass is 10.2. The summed E-state index contributed by atoms with van der Waals surface area (Å²) in [6, 6.07) is 8.09. The van der Waals surface area contributed by atoms with E-state index in [-0.39, 0.29) is 24.0 Å². The maximum Gasteiger partial charge on any atom is 0.407 e. The number of thiazole rings is 1. The van der Waals surface area contributed by atoms with E-state index in [4.69, 9.17) is 4.74 Å². The number of fused-ring (bicyclic) bond motifs is 1. The lowest BCUT2D eigenvalue weighted by molar-refractivity contribution is 0.0527. The number of amides is 1. The predicted octanol–water partition coefficient (Wildman–Crippen LogP) is 3.41. The van der Waals surface area contributed by atoms with Crippen LogP contribution in [-0.2, 0) is 4.74 Å². The molecule has 1 heterocycles. The standard InChI is InChI=1S/C19H30N6O2S.HI/c1-19(2,3)27-18(26)24-11-7-10-21-16(20-4)22-12-13-23-17-25-14-8-5-6-9-15(14)28-17;/h5-6,8-9H,7,10-13H2,1-4H3,(H,23,25)(H,24,26)(H2,20,21,22);1H. The molecule has 0 aliphatic carbocycles. The Morgan fingerprint density at radius 3 is 2.48 bits per heavy atom. The van der Waals surface area contributed by atoms with Crippen molar-refractivity contribution in [3.63, 3.8) is 0 Å². The summed E-state index contributed by atoms with van der Waals surface area (Å²) in [7, 11) is 1.73. The number of nitrogens with one attached hydrogen (secondary N) is 4. The third kappa shape index (κ3) is 9.97. The highest BCUT2D eigenvalue weighted by Gasteiger charge is 2.15. The van der Waals surface area contributed by atoms with Gasteiger partial charge in [-0.25, -0.2) is 9.78 Å². The van der Waals surface area contributed by atoms with Crippen molar-refractivity contribution in [3.05, 3.63) is 24.3 Å². The van der Waals surface area contributed by atoms with Gasteiger partial charge in [0.25, 0.3) is 0 Å². The first-order valence-corrected chi connectivity index (χ1v) is 10.2. The lowest BCUT2D eigenvalue weighted by Crippen LogP contribution is -2.41. The highest BCUT2D eigenvalue weighted by molar-refractivity contribution is 14.0. The van der Waals surface area contributed by atoms with E-state index in [2.05, 4.69) is 37.3 Å². The van der Waals surface area contributed by atoms with Gasteiger partial charge in [0, 0.05) is 33.2 Å². The van der Waals surface area contributed by atoms with Crippen LogP contribution in [0.15, 0.2) is 29.3 Å². The Kier molecular flexibility index (Phi) is 11.0. The second-order valence-corrected chi connectivity index (χ2v) is 8.15. The van der Waals surface area contributed by atoms with Gasteiger partial charge in [0.15, 0.2) is 11.1 Å². The minimum Gasteiger partial charge on any atom is -0.444 e. The van der Waals surface area contributed by atoms with Gasteiger partial charge in [-0.05, 0) is 39.3 Å². The van der Waals surface area contributed by atoms with Gasteiger partial charge in [-0.15, -0.1) is 24.0 Å². The van der Waals surface area contributed by atoms with E-state index in [1.54, 1.807) is 18.4 Å². The number of para-hydroxylation sites is 1. The molecule has 0 atom stereocenters. The van der Waals surface area contributed by atoms with Crippen LogP contribution in [0.25, 0.3) is 10.2 Å². The molecular formula is C19H31IN6O2S. The molecule has 1 aromatic heterocycles. The second kappa shape index (κ2) is 12.7. The summed E-state index contributed by atoms with van der Waals surface area (Å²) in [5.74, 6) is 0.725. The van der Waals surface area contributed by atoms with Crippen molar-refractivity contribution in [2.75, 3.05) is 38.5 Å². The number of aromatic nitrogens is 1. The number of halogens is 1. The van der Waals surface area contributed by atoms with E-state index in [1.807, 2.05) is 39.0 Å². The maximum atomic E-state index is 11.6. The van der Waals surface area contributed by atoms with E-state index >= 15 is 0 Å². The Hall–Kier alpha value is -1.82. The number of benzene rings is 1. The van der Waals surface area contributed by atoms with Crippen molar-refractivity contribution in [3.8, 4) is 0 Å². The van der Waals surface area contributed by atoms with Crippen LogP contribution in [0.5, 0.6) is 0 Å². The number of alkyl carbamates (subject to hydrolysis) is 1. The highest BCUT2D eigenvalue weighted by atomic mass is 127. The molecule has 0 bridgehead atoms. The van der Waals surface area contributed by atoms with Crippen LogP contribution in [0.3, 0.4) is 0 Å². The van der Waals surface area contributed by atoms with Crippen molar-refractivity contribution in [1.82, 2.24) is 20.9 Å². The van der Waals surface area contributed by atoms with Gasteiger partial charge in [0.2, 0.25) is 0 Å². The lowest BCUT2D eigenvalue weighted by Gasteiger charge is -2.19. The van der Waals surface area contributed by atoms with E-state index in [0.29, 0.717) is 19.6 Å². The molecule has 10 heteroatoms. The Morgan fingerprint density at radius 1 is 1.10 bits per heavy atom. The number of guanidine groups is 1. The second-order valence-electron chi connectivity index (χ2n) is 7.12. The predicted molar refractivity (Wildman–Crippen MR) is 132 cm³/mol. The molecule has 29 heavy (non-hydrogen) atoms. The topological polar surface area (TPSA) is 99.7 Å². The average molecular weight is 534 g/mol. The molecule has 0 unspecified atom stereocenters. The zero-order valence-corrected chi connectivity index (χ0v) is 20.5. The van der Waals surface area contributed by atoms with Crippen LogP contribution in [0.4, 0.5) is 9.93 Å². The number of rotatable bonds is 8. The summed E-state index contributed by atoms with van der Waals surface area (Å²) in [6.07, 6.45) is 0.375. The van der Waals surface area contributed by atoms with Crippen LogP contribution in [0.2, 0.25) is 0 Å². The quantitative estimate of drug-likeness (QED) is 0.179. The van der Waals surface area contributed by atoms with Crippen molar-refractivity contribution < 1.29 is 9.53 Å². The van der Waals surface area contributed by atoms with Crippen LogP contribution in [-0.4, -0.2) is 55.9 Å². The first-order valence-electron chi connectivity index (χ1n) is 9.38. The molecule has 0 aliphatic rings. The van der Waals surface area contributed by atoms with Crippen molar-refractivity contribution >= 4 is 62.7 Å². The molecule has 4 N–H and O–H groups in total. The molecule has 1 aromatic carbocycles. The Balaban J connectivity index is 0.00000420. The van der Waals surface area contributed by atoms with Crippen molar-refractivity contribution in [1.29, 1.82) is 0 Å². The SMILES string of the molecule is CN=C(NCCCNC(=O)OC(C)(C)C)NCCNc1nc2ccccc2s1.I. The number of ether oxygens (including phenoxy) is 1. The normalized spacial score (nSPS) is 11.5. The number of nitrogens with zero attached hydrogens (tertiary/aromatic N) is 2. The van der Waals surface area contributed by atoms with E-state index in [0.717, 1.165) is 29.6 Å². The van der Waals surface area contributed by atoms with Gasteiger partial charge in [0.1, 0.15) is 5.60 Å². The van der Waals surface area contributed by atoms with E-state index in [1.165, 1.54) is 4.70 Å². The average Bonchev–Trinajstić information content (AvgIpc) is 3.04. The molecule has 0 saturated carbocycles. The molecule has 0 saturated heterocycles. The van der Waals surface area contributed by atoms with Crippen LogP contribution < -0.4 is 21.3 Å². The molecule has 2 rings (SSSR count). The Labute approximate surface area is 193 Å². The number of carbonyl (C=O) groups is 1. The van der Waals surface area contributed by atoms with Crippen LogP contribution in [0, 0.1) is 0 Å². The fourth-order valence-electron chi connectivity index (χ4n) is 2.32. The minimum absolute atomic E-state index is 0. The molecule has 8 nitrogen and oxygen atoms in total.